The van der Waals surface area contributed by atoms with Crippen molar-refractivity contribution in [3.63, 3.8) is 0 Å². The Balaban J connectivity index is 1.71. The van der Waals surface area contributed by atoms with Gasteiger partial charge >= 0.3 is 5.97 Å². The molecule has 38 heavy (non-hydrogen) atoms. The molecule has 0 amide bonds. The van der Waals surface area contributed by atoms with Crippen LogP contribution >= 0.6 is 12.6 Å². The van der Waals surface area contributed by atoms with E-state index in [1.54, 1.807) is 0 Å². The maximum atomic E-state index is 14.5. The molecule has 208 valence electrons. The van der Waals surface area contributed by atoms with Crippen molar-refractivity contribution < 1.29 is 19.4 Å². The Labute approximate surface area is 233 Å². The number of rotatable bonds is 1. The first-order valence-electron chi connectivity index (χ1n) is 14.3. The Morgan fingerprint density at radius 3 is 2.32 bits per heavy atom. The first-order chi connectivity index (χ1) is 17.5. The van der Waals surface area contributed by atoms with Gasteiger partial charge < -0.3 is 9.84 Å². The summed E-state index contributed by atoms with van der Waals surface area (Å²) in [6, 6.07) is 2.26. The van der Waals surface area contributed by atoms with E-state index >= 15 is 0 Å². The molecule has 0 bridgehead atoms. The lowest BCUT2D eigenvalue weighted by Crippen LogP contribution is -2.67. The van der Waals surface area contributed by atoms with Gasteiger partial charge in [-0.2, -0.15) is 17.9 Å². The third kappa shape index (κ3) is 3.12. The van der Waals surface area contributed by atoms with E-state index in [1.807, 2.05) is 19.9 Å². The van der Waals surface area contributed by atoms with Crippen LogP contribution in [0.2, 0.25) is 0 Å². The molecule has 0 spiro atoms. The second-order valence-corrected chi connectivity index (χ2v) is 15.7. The normalized spacial score (nSPS) is 46.9. The number of ether oxygens (including phenoxy) is 1. The van der Waals surface area contributed by atoms with E-state index in [4.69, 9.17) is 17.4 Å². The predicted molar refractivity (Wildman–Crippen MR) is 150 cm³/mol. The number of methoxy groups -OCH3 is 1. The summed E-state index contributed by atoms with van der Waals surface area (Å²) in [7, 11) is 1.49. The second kappa shape index (κ2) is 8.15. The van der Waals surface area contributed by atoms with Crippen molar-refractivity contribution >= 4 is 24.4 Å². The number of nitrogens with zero attached hydrogens (tertiary/aromatic N) is 1. The van der Waals surface area contributed by atoms with Gasteiger partial charge in [0.2, 0.25) is 0 Å². The van der Waals surface area contributed by atoms with Crippen molar-refractivity contribution in [2.24, 2.45) is 50.2 Å². The van der Waals surface area contributed by atoms with Gasteiger partial charge in [0.15, 0.2) is 5.78 Å². The van der Waals surface area contributed by atoms with Gasteiger partial charge in [-0.3, -0.25) is 9.59 Å². The highest BCUT2D eigenvalue weighted by Crippen LogP contribution is 2.75. The van der Waals surface area contributed by atoms with Gasteiger partial charge in [0.25, 0.3) is 0 Å². The monoisotopic (exact) mass is 539 g/mol. The number of carbonyl (C=O) groups is 2. The maximum absolute atomic E-state index is 14.5. The first-order valence-corrected chi connectivity index (χ1v) is 14.9. The van der Waals surface area contributed by atoms with Crippen LogP contribution in [0.3, 0.4) is 0 Å². The molecule has 0 radical (unpaired) electrons. The zero-order valence-corrected chi connectivity index (χ0v) is 25.3. The molecule has 3 saturated carbocycles. The predicted octanol–water partition coefficient (Wildman–Crippen LogP) is 6.99. The van der Waals surface area contributed by atoms with Gasteiger partial charge in [-0.15, -0.1) is 0 Å². The van der Waals surface area contributed by atoms with Crippen molar-refractivity contribution in [1.82, 2.24) is 0 Å². The van der Waals surface area contributed by atoms with Crippen LogP contribution in [0.15, 0.2) is 23.0 Å². The Hall–Kier alpha value is -1.74. The molecule has 3 fully saturated rings. The molecule has 0 aromatic heterocycles. The molecule has 8 atom stereocenters. The fraction of sp³-hybridized carbons (Fsp3) is 0.781. The molecule has 6 heteroatoms. The van der Waals surface area contributed by atoms with E-state index in [0.717, 1.165) is 50.5 Å². The minimum absolute atomic E-state index is 0.0493. The van der Waals surface area contributed by atoms with Gasteiger partial charge in [0, 0.05) is 22.0 Å². The average Bonchev–Trinajstić information content (AvgIpc) is 2.84. The molecule has 0 unspecified atom stereocenters. The van der Waals surface area contributed by atoms with Gasteiger partial charge in [0.1, 0.15) is 5.76 Å². The minimum Gasteiger partial charge on any atom is -0.511 e. The standard InChI is InChI=1S/C32H45NO4S/c1-27(2)11-13-32(26(36)37-8)14-12-30(6)23(19(32)16-27)20(34)15-22-29(30,5)10-9-21-28(3,4)24(35)18(17-33)25(38)31(21,22)7/h15,19,21,23,25,35,38H,9-14,16H2,1-8H3/t19-,21-,23-,25-,29+,30+,31-,32-/m0/s1. The van der Waals surface area contributed by atoms with Crippen LogP contribution in [0, 0.1) is 61.6 Å². The SMILES string of the molecule is COC(=O)[C@]12CCC(C)(C)C[C@H]1[C@H]1C(=O)C=C3[C@@]4(C)[C@@H](S)C(C#N)=C(O)C(C)(C)[C@@H]4CC[C@@]3(C)[C@]1(C)CC2. The highest BCUT2D eigenvalue weighted by atomic mass is 32.1. The van der Waals surface area contributed by atoms with Gasteiger partial charge in [0.05, 0.1) is 24.2 Å². The van der Waals surface area contributed by atoms with Crippen LogP contribution in [0.25, 0.3) is 0 Å². The summed E-state index contributed by atoms with van der Waals surface area (Å²) in [5.74, 6) is -0.145. The lowest BCUT2D eigenvalue weighted by atomic mass is 9.34. The van der Waals surface area contributed by atoms with E-state index in [9.17, 15) is 20.0 Å². The van der Waals surface area contributed by atoms with Crippen molar-refractivity contribution in [2.45, 2.75) is 98.7 Å². The number of aliphatic hydroxyl groups is 1. The molecule has 5 nitrogen and oxygen atoms in total. The van der Waals surface area contributed by atoms with E-state index < -0.39 is 21.5 Å². The highest BCUT2D eigenvalue weighted by molar-refractivity contribution is 7.81. The molecular formula is C32H45NO4S. The summed E-state index contributed by atoms with van der Waals surface area (Å²) >= 11 is 5.01. The number of carbonyl (C=O) groups excluding carboxylic acids is 2. The first kappa shape index (κ1) is 27.8. The summed E-state index contributed by atoms with van der Waals surface area (Å²) in [4.78, 5) is 27.9. The molecule has 5 rings (SSSR count). The van der Waals surface area contributed by atoms with Gasteiger partial charge in [-0.05, 0) is 79.1 Å². The topological polar surface area (TPSA) is 87.4 Å². The van der Waals surface area contributed by atoms with E-state index in [1.165, 1.54) is 7.11 Å². The number of thiol groups is 1. The quantitative estimate of drug-likeness (QED) is 0.277. The third-order valence-electron chi connectivity index (χ3n) is 12.9. The highest BCUT2D eigenvalue weighted by Gasteiger charge is 2.72. The molecule has 0 saturated heterocycles. The average molecular weight is 540 g/mol. The van der Waals surface area contributed by atoms with Crippen LogP contribution in [0.4, 0.5) is 0 Å². The second-order valence-electron chi connectivity index (χ2n) is 15.2. The lowest BCUT2D eigenvalue weighted by molar-refractivity contribution is -0.191. The Bertz CT molecular complexity index is 1210. The largest absolute Gasteiger partial charge is 0.511 e. The molecule has 1 N–H and O–H groups in total. The number of allylic oxidation sites excluding steroid dienone is 3. The Kier molecular flexibility index (Phi) is 5.97. The molecule has 5 aliphatic carbocycles. The molecular weight excluding hydrogens is 494 g/mol. The number of aliphatic hydroxyl groups excluding tert-OH is 1. The van der Waals surface area contributed by atoms with Crippen LogP contribution in [-0.2, 0) is 14.3 Å². The summed E-state index contributed by atoms with van der Waals surface area (Å²) < 4.78 is 5.42. The summed E-state index contributed by atoms with van der Waals surface area (Å²) in [6.07, 6.45) is 7.78. The zero-order valence-electron chi connectivity index (χ0n) is 24.4. The lowest BCUT2D eigenvalue weighted by Gasteiger charge is -2.70. The van der Waals surface area contributed by atoms with Crippen LogP contribution < -0.4 is 0 Å². The third-order valence-corrected chi connectivity index (χ3v) is 13.7. The van der Waals surface area contributed by atoms with Crippen LogP contribution in [-0.4, -0.2) is 29.2 Å². The van der Waals surface area contributed by atoms with E-state index in [-0.39, 0.29) is 51.5 Å². The van der Waals surface area contributed by atoms with Gasteiger partial charge in [-0.1, -0.05) is 54.0 Å². The summed E-state index contributed by atoms with van der Waals surface area (Å²) in [5, 5.41) is 20.7. The summed E-state index contributed by atoms with van der Waals surface area (Å²) in [6.45, 7) is 15.4. The molecule has 0 aromatic rings. The van der Waals surface area contributed by atoms with Crippen LogP contribution in [0.1, 0.15) is 93.4 Å². The van der Waals surface area contributed by atoms with Crippen molar-refractivity contribution in [2.75, 3.05) is 7.11 Å². The number of fused-ring (bicyclic) bond motifs is 7. The van der Waals surface area contributed by atoms with Gasteiger partial charge in [-0.25, -0.2) is 0 Å². The minimum atomic E-state index is -0.603. The number of nitriles is 1. The maximum Gasteiger partial charge on any atom is 0.312 e. The molecule has 0 aromatic carbocycles. The Morgan fingerprint density at radius 1 is 1.08 bits per heavy atom. The van der Waals surface area contributed by atoms with Crippen molar-refractivity contribution in [3.05, 3.63) is 23.0 Å². The fourth-order valence-electron chi connectivity index (χ4n) is 10.5. The fourth-order valence-corrected chi connectivity index (χ4v) is 11.0. The van der Waals surface area contributed by atoms with E-state index in [2.05, 4.69) is 40.7 Å². The number of hydrogen-bond donors (Lipinski definition) is 2. The zero-order chi connectivity index (χ0) is 28.3. The number of hydrogen-bond acceptors (Lipinski definition) is 6. The van der Waals surface area contributed by atoms with E-state index in [0.29, 0.717) is 5.57 Å². The Morgan fingerprint density at radius 2 is 1.71 bits per heavy atom. The molecule has 0 aliphatic heterocycles. The number of ketones is 1. The smallest absolute Gasteiger partial charge is 0.312 e. The van der Waals surface area contributed by atoms with Crippen LogP contribution in [0.5, 0.6) is 0 Å². The summed E-state index contributed by atoms with van der Waals surface area (Å²) in [5.41, 5.74) is -0.887. The molecule has 0 heterocycles. The van der Waals surface area contributed by atoms with Crippen molar-refractivity contribution in [3.8, 4) is 6.07 Å². The van der Waals surface area contributed by atoms with Crippen molar-refractivity contribution in [1.29, 1.82) is 5.26 Å². The number of esters is 1. The molecule has 5 aliphatic rings.